The number of methoxy groups -OCH3 is 1. The summed E-state index contributed by atoms with van der Waals surface area (Å²) in [5.74, 6) is 0.225. The van der Waals surface area contributed by atoms with Crippen LogP contribution in [0.4, 0.5) is 10.1 Å². The van der Waals surface area contributed by atoms with E-state index in [2.05, 4.69) is 15.9 Å². The molecule has 0 radical (unpaired) electrons. The third-order valence-electron chi connectivity index (χ3n) is 2.77. The van der Waals surface area contributed by atoms with Gasteiger partial charge in [0.05, 0.1) is 22.6 Å². The van der Waals surface area contributed by atoms with Gasteiger partial charge in [-0.1, -0.05) is 0 Å². The van der Waals surface area contributed by atoms with Crippen LogP contribution < -0.4 is 9.47 Å². The summed E-state index contributed by atoms with van der Waals surface area (Å²) in [6, 6.07) is 8.55. The minimum Gasteiger partial charge on any atom is -0.497 e. The van der Waals surface area contributed by atoms with Gasteiger partial charge in [-0.2, -0.15) is 0 Å². The van der Waals surface area contributed by atoms with E-state index in [1.165, 1.54) is 31.4 Å². The molecule has 0 saturated carbocycles. The molecule has 0 bridgehead atoms. The largest absolute Gasteiger partial charge is 0.497 e. The Balaban J connectivity index is 2.16. The normalized spacial score (nSPS) is 10.2. The van der Waals surface area contributed by atoms with Gasteiger partial charge in [0.25, 0.3) is 5.69 Å². The van der Waals surface area contributed by atoms with Crippen LogP contribution in [0, 0.1) is 15.9 Å². The Labute approximate surface area is 128 Å². The summed E-state index contributed by atoms with van der Waals surface area (Å²) in [5, 5.41) is 10.7. The average Bonchev–Trinajstić information content (AvgIpc) is 2.47. The summed E-state index contributed by atoms with van der Waals surface area (Å²) in [6.45, 7) is -0.0460. The zero-order valence-electron chi connectivity index (χ0n) is 11.0. The highest BCUT2D eigenvalue weighted by molar-refractivity contribution is 9.10. The van der Waals surface area contributed by atoms with E-state index in [1.807, 2.05) is 0 Å². The molecule has 0 spiro atoms. The van der Waals surface area contributed by atoms with E-state index >= 15 is 0 Å². The van der Waals surface area contributed by atoms with Gasteiger partial charge in [0, 0.05) is 17.7 Å². The molecule has 2 aromatic rings. The van der Waals surface area contributed by atoms with Crippen LogP contribution in [0.5, 0.6) is 11.5 Å². The molecule has 110 valence electrons. The molecule has 0 amide bonds. The molecule has 0 atom stereocenters. The lowest BCUT2D eigenvalue weighted by Crippen LogP contribution is -2.00. The number of nitro groups is 1. The summed E-state index contributed by atoms with van der Waals surface area (Å²) in [6.07, 6.45) is 0. The predicted molar refractivity (Wildman–Crippen MR) is 78.1 cm³/mol. The third-order valence-corrected chi connectivity index (χ3v) is 3.42. The molecule has 0 fully saturated rings. The van der Waals surface area contributed by atoms with Gasteiger partial charge in [0.15, 0.2) is 0 Å². The van der Waals surface area contributed by atoms with Crippen LogP contribution in [-0.2, 0) is 6.61 Å². The monoisotopic (exact) mass is 355 g/mol. The number of benzene rings is 2. The Morgan fingerprint density at radius 3 is 2.67 bits per heavy atom. The molecule has 0 unspecified atom stereocenters. The topological polar surface area (TPSA) is 61.6 Å². The SMILES string of the molecule is COc1ccc(COc2cc([N+](=O)[O-])ccc2Br)c(F)c1. The van der Waals surface area contributed by atoms with Crippen molar-refractivity contribution in [2.24, 2.45) is 0 Å². The first kappa shape index (κ1) is 15.2. The van der Waals surface area contributed by atoms with Crippen molar-refractivity contribution in [3.63, 3.8) is 0 Å². The van der Waals surface area contributed by atoms with E-state index < -0.39 is 10.7 Å². The molecule has 0 aromatic heterocycles. The van der Waals surface area contributed by atoms with Crippen molar-refractivity contribution in [2.75, 3.05) is 7.11 Å². The number of ether oxygens (including phenoxy) is 2. The van der Waals surface area contributed by atoms with Crippen molar-refractivity contribution in [3.8, 4) is 11.5 Å². The molecule has 0 aliphatic carbocycles. The molecular weight excluding hydrogens is 345 g/mol. The van der Waals surface area contributed by atoms with Crippen LogP contribution in [0.15, 0.2) is 40.9 Å². The molecule has 2 aromatic carbocycles. The molecule has 0 saturated heterocycles. The summed E-state index contributed by atoms with van der Waals surface area (Å²) >= 11 is 3.23. The molecule has 2 rings (SSSR count). The van der Waals surface area contributed by atoms with Gasteiger partial charge >= 0.3 is 0 Å². The fourth-order valence-corrected chi connectivity index (χ4v) is 2.00. The number of hydrogen-bond acceptors (Lipinski definition) is 4. The first-order valence-corrected chi connectivity index (χ1v) is 6.69. The maximum absolute atomic E-state index is 13.8. The highest BCUT2D eigenvalue weighted by Crippen LogP contribution is 2.30. The Morgan fingerprint density at radius 2 is 2.05 bits per heavy atom. The molecule has 0 aliphatic rings. The summed E-state index contributed by atoms with van der Waals surface area (Å²) < 4.78 is 24.7. The lowest BCUT2D eigenvalue weighted by molar-refractivity contribution is -0.385. The second-order valence-electron chi connectivity index (χ2n) is 4.12. The van der Waals surface area contributed by atoms with Crippen LogP contribution >= 0.6 is 15.9 Å². The second-order valence-corrected chi connectivity index (χ2v) is 4.97. The van der Waals surface area contributed by atoms with Crippen molar-refractivity contribution in [1.29, 1.82) is 0 Å². The smallest absolute Gasteiger partial charge is 0.273 e. The zero-order valence-corrected chi connectivity index (χ0v) is 12.6. The summed E-state index contributed by atoms with van der Waals surface area (Å²) in [5.41, 5.74) is 0.234. The molecular formula is C14H11BrFNO4. The highest BCUT2D eigenvalue weighted by Gasteiger charge is 2.12. The van der Waals surface area contributed by atoms with Crippen LogP contribution in [0.2, 0.25) is 0 Å². The lowest BCUT2D eigenvalue weighted by Gasteiger charge is -2.09. The van der Waals surface area contributed by atoms with Gasteiger partial charge in [-0.3, -0.25) is 10.1 Å². The Hall–Kier alpha value is -2.15. The van der Waals surface area contributed by atoms with Crippen LogP contribution in [0.3, 0.4) is 0 Å². The van der Waals surface area contributed by atoms with Crippen LogP contribution in [-0.4, -0.2) is 12.0 Å². The van der Waals surface area contributed by atoms with Crippen LogP contribution in [0.1, 0.15) is 5.56 Å². The van der Waals surface area contributed by atoms with Gasteiger partial charge in [-0.25, -0.2) is 4.39 Å². The molecule has 0 N–H and O–H groups in total. The number of halogens is 2. The Morgan fingerprint density at radius 1 is 1.29 bits per heavy atom. The van der Waals surface area contributed by atoms with E-state index in [9.17, 15) is 14.5 Å². The first-order chi connectivity index (χ1) is 10.0. The number of rotatable bonds is 5. The summed E-state index contributed by atoms with van der Waals surface area (Å²) in [4.78, 5) is 10.2. The van der Waals surface area contributed by atoms with Gasteiger partial charge in [-0.05, 0) is 34.1 Å². The Kier molecular flexibility index (Phi) is 4.74. The van der Waals surface area contributed by atoms with E-state index in [0.29, 0.717) is 15.8 Å². The summed E-state index contributed by atoms with van der Waals surface area (Å²) in [7, 11) is 1.45. The highest BCUT2D eigenvalue weighted by atomic mass is 79.9. The minimum absolute atomic E-state index is 0.0460. The average molecular weight is 356 g/mol. The van der Waals surface area contributed by atoms with Gasteiger partial charge < -0.3 is 9.47 Å². The number of non-ortho nitro benzene ring substituents is 1. The van der Waals surface area contributed by atoms with Crippen molar-refractivity contribution in [2.45, 2.75) is 6.61 Å². The maximum atomic E-state index is 13.8. The van der Waals surface area contributed by atoms with Crippen LogP contribution in [0.25, 0.3) is 0 Å². The van der Waals surface area contributed by atoms with E-state index in [0.717, 1.165) is 0 Å². The molecule has 5 nitrogen and oxygen atoms in total. The van der Waals surface area contributed by atoms with Crippen molar-refractivity contribution >= 4 is 21.6 Å². The van der Waals surface area contributed by atoms with Gasteiger partial charge in [0.2, 0.25) is 0 Å². The van der Waals surface area contributed by atoms with E-state index in [-0.39, 0.29) is 18.0 Å². The standard InChI is InChI=1S/C14H11BrFNO4/c1-20-11-4-2-9(13(16)7-11)8-21-14-6-10(17(18)19)3-5-12(14)15/h2-7H,8H2,1H3. The lowest BCUT2D eigenvalue weighted by atomic mass is 10.2. The Bertz CT molecular complexity index is 678. The quantitative estimate of drug-likeness (QED) is 0.598. The van der Waals surface area contributed by atoms with Crippen molar-refractivity contribution in [3.05, 3.63) is 62.4 Å². The van der Waals surface area contributed by atoms with Gasteiger partial charge in [-0.15, -0.1) is 0 Å². The second kappa shape index (κ2) is 6.53. The molecule has 7 heteroatoms. The van der Waals surface area contributed by atoms with Crippen molar-refractivity contribution < 1.29 is 18.8 Å². The van der Waals surface area contributed by atoms with Crippen molar-refractivity contribution in [1.82, 2.24) is 0 Å². The number of nitro benzene ring substituents is 1. The predicted octanol–water partition coefficient (Wildman–Crippen LogP) is 4.08. The molecule has 0 aliphatic heterocycles. The molecule has 21 heavy (non-hydrogen) atoms. The fourth-order valence-electron chi connectivity index (χ4n) is 1.64. The third kappa shape index (κ3) is 3.69. The number of hydrogen-bond donors (Lipinski definition) is 0. The minimum atomic E-state index is -0.521. The maximum Gasteiger partial charge on any atom is 0.273 e. The molecule has 0 heterocycles. The first-order valence-electron chi connectivity index (χ1n) is 5.90. The number of nitrogens with zero attached hydrogens (tertiary/aromatic N) is 1. The van der Waals surface area contributed by atoms with E-state index in [1.54, 1.807) is 12.1 Å². The van der Waals surface area contributed by atoms with E-state index in [4.69, 9.17) is 9.47 Å². The van der Waals surface area contributed by atoms with Gasteiger partial charge in [0.1, 0.15) is 23.9 Å². The zero-order chi connectivity index (χ0) is 15.4. The fraction of sp³-hybridized carbons (Fsp3) is 0.143.